The van der Waals surface area contributed by atoms with Crippen molar-refractivity contribution in [2.45, 2.75) is 12.8 Å². The normalized spacial score (nSPS) is 16.7. The molecule has 1 fully saturated rings. The molecule has 2 aliphatic rings. The lowest BCUT2D eigenvalue weighted by Crippen LogP contribution is -2.09. The monoisotopic (exact) mass is 366 g/mol. The molecule has 4 rings (SSSR count). The average Bonchev–Trinajstić information content (AvgIpc) is 3.48. The van der Waals surface area contributed by atoms with Crippen molar-refractivity contribution in [1.82, 2.24) is 0 Å². The van der Waals surface area contributed by atoms with Gasteiger partial charge in [-0.25, -0.2) is 0 Å². The number of Topliss-reactive ketones (excluding diaryl/α,β-unsaturated/α-hetero) is 1. The third kappa shape index (κ3) is 3.38. The fourth-order valence-electron chi connectivity index (χ4n) is 2.84. The van der Waals surface area contributed by atoms with Gasteiger partial charge in [0.15, 0.2) is 17.3 Å². The summed E-state index contributed by atoms with van der Waals surface area (Å²) in [7, 11) is 3.11. The Morgan fingerprint density at radius 1 is 1.07 bits per heavy atom. The quantitative estimate of drug-likeness (QED) is 0.457. The Labute approximate surface area is 156 Å². The smallest absolute Gasteiger partial charge is 0.314 e. The van der Waals surface area contributed by atoms with E-state index in [1.807, 2.05) is 0 Å². The lowest BCUT2D eigenvalue weighted by molar-refractivity contribution is -0.135. The molecule has 0 spiro atoms. The van der Waals surface area contributed by atoms with E-state index >= 15 is 0 Å². The number of esters is 1. The van der Waals surface area contributed by atoms with Gasteiger partial charge >= 0.3 is 5.97 Å². The van der Waals surface area contributed by atoms with Crippen molar-refractivity contribution in [3.05, 3.63) is 53.3 Å². The van der Waals surface area contributed by atoms with Crippen molar-refractivity contribution in [2.24, 2.45) is 5.92 Å². The number of hydrogen-bond donors (Lipinski definition) is 0. The number of ether oxygens (including phenoxy) is 4. The summed E-state index contributed by atoms with van der Waals surface area (Å²) < 4.78 is 21.5. The van der Waals surface area contributed by atoms with E-state index in [-0.39, 0.29) is 23.4 Å². The highest BCUT2D eigenvalue weighted by molar-refractivity contribution is 6.14. The van der Waals surface area contributed by atoms with E-state index in [1.54, 1.807) is 56.7 Å². The van der Waals surface area contributed by atoms with Gasteiger partial charge in [0.05, 0.1) is 25.7 Å². The molecular weight excluding hydrogens is 348 g/mol. The highest BCUT2D eigenvalue weighted by Crippen LogP contribution is 2.37. The summed E-state index contributed by atoms with van der Waals surface area (Å²) in [4.78, 5) is 24.4. The summed E-state index contributed by atoms with van der Waals surface area (Å²) in [5.41, 5.74) is 1.18. The molecule has 6 nitrogen and oxygen atoms in total. The van der Waals surface area contributed by atoms with Gasteiger partial charge in [-0.2, -0.15) is 0 Å². The fraction of sp³-hybridized carbons (Fsp3) is 0.238. The summed E-state index contributed by atoms with van der Waals surface area (Å²) in [5, 5.41) is 0. The molecule has 0 unspecified atom stereocenters. The molecule has 0 N–H and O–H groups in total. The number of rotatable bonds is 5. The predicted octanol–water partition coefficient (Wildman–Crippen LogP) is 3.64. The molecule has 27 heavy (non-hydrogen) atoms. The molecule has 0 amide bonds. The highest BCUT2D eigenvalue weighted by atomic mass is 16.5. The van der Waals surface area contributed by atoms with Crippen LogP contribution in [-0.4, -0.2) is 26.0 Å². The van der Waals surface area contributed by atoms with Crippen LogP contribution >= 0.6 is 0 Å². The van der Waals surface area contributed by atoms with Crippen LogP contribution < -0.4 is 18.9 Å². The number of allylic oxidation sites excluding steroid dienone is 1. The van der Waals surface area contributed by atoms with Crippen molar-refractivity contribution in [3.63, 3.8) is 0 Å². The minimum Gasteiger partial charge on any atom is -0.493 e. The van der Waals surface area contributed by atoms with E-state index < -0.39 is 0 Å². The van der Waals surface area contributed by atoms with E-state index in [4.69, 9.17) is 18.9 Å². The standard InChI is InChI=1S/C21H18O6/c1-24-16-8-3-12(9-18(16)25-2)10-19-20(22)15-7-6-14(11-17(15)27-19)26-21(23)13-4-5-13/h3,6-11,13H,4-5H2,1-2H3/b19-10+. The molecule has 1 heterocycles. The largest absolute Gasteiger partial charge is 0.493 e. The van der Waals surface area contributed by atoms with Crippen molar-refractivity contribution < 1.29 is 28.5 Å². The molecule has 0 atom stereocenters. The van der Waals surface area contributed by atoms with Crippen LogP contribution in [0, 0.1) is 5.92 Å². The summed E-state index contributed by atoms with van der Waals surface area (Å²) in [6.45, 7) is 0. The number of carbonyl (C=O) groups is 2. The van der Waals surface area contributed by atoms with Crippen LogP contribution in [0.4, 0.5) is 0 Å². The third-order valence-corrected chi connectivity index (χ3v) is 4.48. The van der Waals surface area contributed by atoms with Crippen LogP contribution in [0.1, 0.15) is 28.8 Å². The van der Waals surface area contributed by atoms with Gasteiger partial charge in [0.25, 0.3) is 0 Å². The van der Waals surface area contributed by atoms with Gasteiger partial charge in [-0.3, -0.25) is 9.59 Å². The van der Waals surface area contributed by atoms with Crippen LogP contribution in [-0.2, 0) is 4.79 Å². The Morgan fingerprint density at radius 2 is 1.85 bits per heavy atom. The SMILES string of the molecule is COc1ccc(/C=C2/Oc3cc(OC(=O)C4CC4)ccc3C2=O)cc1OC. The zero-order chi connectivity index (χ0) is 19.0. The Hall–Kier alpha value is -3.28. The van der Waals surface area contributed by atoms with E-state index in [1.165, 1.54) is 0 Å². The van der Waals surface area contributed by atoms with Gasteiger partial charge < -0.3 is 18.9 Å². The van der Waals surface area contributed by atoms with Crippen molar-refractivity contribution in [3.8, 4) is 23.0 Å². The third-order valence-electron chi connectivity index (χ3n) is 4.48. The second-order valence-corrected chi connectivity index (χ2v) is 6.41. The van der Waals surface area contributed by atoms with E-state index in [2.05, 4.69) is 0 Å². The van der Waals surface area contributed by atoms with Gasteiger partial charge in [0.1, 0.15) is 11.5 Å². The van der Waals surface area contributed by atoms with Crippen LogP contribution in [0.2, 0.25) is 0 Å². The van der Waals surface area contributed by atoms with Gasteiger partial charge in [-0.05, 0) is 48.7 Å². The maximum atomic E-state index is 12.6. The molecule has 0 bridgehead atoms. The van der Waals surface area contributed by atoms with Gasteiger partial charge in [-0.15, -0.1) is 0 Å². The molecule has 0 radical (unpaired) electrons. The minimum atomic E-state index is -0.236. The molecular formula is C21H18O6. The highest BCUT2D eigenvalue weighted by Gasteiger charge is 2.32. The Balaban J connectivity index is 1.57. The Kier molecular flexibility index (Phi) is 4.32. The second-order valence-electron chi connectivity index (χ2n) is 6.41. The van der Waals surface area contributed by atoms with Crippen molar-refractivity contribution in [2.75, 3.05) is 14.2 Å². The number of fused-ring (bicyclic) bond motifs is 1. The first-order valence-corrected chi connectivity index (χ1v) is 8.61. The number of hydrogen-bond acceptors (Lipinski definition) is 6. The Bertz CT molecular complexity index is 955. The van der Waals surface area contributed by atoms with E-state index in [0.717, 1.165) is 18.4 Å². The maximum absolute atomic E-state index is 12.6. The molecule has 1 aliphatic heterocycles. The molecule has 1 saturated carbocycles. The average molecular weight is 366 g/mol. The van der Waals surface area contributed by atoms with Crippen LogP contribution in [0.3, 0.4) is 0 Å². The van der Waals surface area contributed by atoms with E-state index in [9.17, 15) is 9.59 Å². The molecule has 0 saturated heterocycles. The zero-order valence-corrected chi connectivity index (χ0v) is 15.0. The summed E-state index contributed by atoms with van der Waals surface area (Å²) in [6.07, 6.45) is 3.38. The lowest BCUT2D eigenvalue weighted by Gasteiger charge is -2.08. The van der Waals surface area contributed by atoms with Crippen LogP contribution in [0.15, 0.2) is 42.2 Å². The van der Waals surface area contributed by atoms with Gasteiger partial charge in [-0.1, -0.05) is 6.07 Å². The molecule has 2 aromatic carbocycles. The first-order valence-electron chi connectivity index (χ1n) is 8.61. The first-order chi connectivity index (χ1) is 13.1. The number of carbonyl (C=O) groups excluding carboxylic acids is 2. The summed E-state index contributed by atoms with van der Waals surface area (Å²) in [5.74, 6) is 1.66. The number of methoxy groups -OCH3 is 2. The molecule has 2 aromatic rings. The maximum Gasteiger partial charge on any atom is 0.314 e. The summed E-state index contributed by atoms with van der Waals surface area (Å²) >= 11 is 0. The molecule has 1 aliphatic carbocycles. The number of ketones is 1. The van der Waals surface area contributed by atoms with E-state index in [0.29, 0.717) is 28.6 Å². The minimum absolute atomic E-state index is 0.00122. The van der Waals surface area contributed by atoms with Gasteiger partial charge in [0, 0.05) is 6.07 Å². The second kappa shape index (κ2) is 6.79. The molecule has 0 aromatic heterocycles. The van der Waals surface area contributed by atoms with Crippen molar-refractivity contribution in [1.29, 1.82) is 0 Å². The zero-order valence-electron chi connectivity index (χ0n) is 15.0. The van der Waals surface area contributed by atoms with Crippen LogP contribution in [0.5, 0.6) is 23.0 Å². The number of benzene rings is 2. The van der Waals surface area contributed by atoms with Crippen LogP contribution in [0.25, 0.3) is 6.08 Å². The lowest BCUT2D eigenvalue weighted by atomic mass is 10.1. The van der Waals surface area contributed by atoms with Gasteiger partial charge in [0.2, 0.25) is 5.78 Å². The summed E-state index contributed by atoms with van der Waals surface area (Å²) in [6, 6.07) is 10.1. The topological polar surface area (TPSA) is 71.1 Å². The molecule has 138 valence electrons. The fourth-order valence-corrected chi connectivity index (χ4v) is 2.84. The molecule has 6 heteroatoms. The first kappa shape index (κ1) is 17.1. The predicted molar refractivity (Wildman–Crippen MR) is 97.3 cm³/mol. The Morgan fingerprint density at radius 3 is 2.56 bits per heavy atom. The van der Waals surface area contributed by atoms with Crippen molar-refractivity contribution >= 4 is 17.8 Å².